The highest BCUT2D eigenvalue weighted by molar-refractivity contribution is 5.30. The number of nitrogens with zero attached hydrogens (tertiary/aromatic N) is 4. The van der Waals surface area contributed by atoms with Crippen LogP contribution in [0.4, 0.5) is 0 Å². The third-order valence-electron chi connectivity index (χ3n) is 3.61. The Hall–Kier alpha value is -1.75. The molecule has 0 bridgehead atoms. The molecule has 19 heavy (non-hydrogen) atoms. The van der Waals surface area contributed by atoms with Crippen molar-refractivity contribution < 1.29 is 0 Å². The molecule has 0 saturated carbocycles. The van der Waals surface area contributed by atoms with Gasteiger partial charge in [-0.15, -0.1) is 5.10 Å². The van der Waals surface area contributed by atoms with E-state index in [1.165, 1.54) is 0 Å². The third-order valence-corrected chi connectivity index (χ3v) is 3.61. The van der Waals surface area contributed by atoms with Crippen molar-refractivity contribution in [2.75, 3.05) is 0 Å². The van der Waals surface area contributed by atoms with Gasteiger partial charge < -0.3 is 5.32 Å². The number of hydrogen-bond donors (Lipinski definition) is 1. The molecule has 2 unspecified atom stereocenters. The van der Waals surface area contributed by atoms with Crippen molar-refractivity contribution in [3.05, 3.63) is 36.2 Å². The number of hydrogen-bond acceptors (Lipinski definition) is 4. The lowest BCUT2D eigenvalue weighted by Gasteiger charge is -2.19. The van der Waals surface area contributed by atoms with Crippen molar-refractivity contribution in [2.24, 2.45) is 5.92 Å². The second-order valence-corrected chi connectivity index (χ2v) is 4.90. The molecular formula is C14H21N5. The fraction of sp³-hybridized carbons (Fsp3) is 0.500. The van der Waals surface area contributed by atoms with Crippen molar-refractivity contribution in [1.29, 1.82) is 0 Å². The van der Waals surface area contributed by atoms with Crippen LogP contribution in [0.25, 0.3) is 5.69 Å². The van der Waals surface area contributed by atoms with Crippen LogP contribution in [-0.4, -0.2) is 26.2 Å². The molecule has 2 rings (SSSR count). The quantitative estimate of drug-likeness (QED) is 0.864. The second-order valence-electron chi connectivity index (χ2n) is 4.90. The number of rotatable bonds is 6. The molecule has 2 aromatic rings. The maximum atomic E-state index is 4.09. The molecule has 0 fully saturated rings. The van der Waals surface area contributed by atoms with Crippen LogP contribution >= 0.6 is 0 Å². The molecule has 5 heteroatoms. The first-order chi connectivity index (χ1) is 9.22. The summed E-state index contributed by atoms with van der Waals surface area (Å²) in [5, 5.41) is 15.4. The summed E-state index contributed by atoms with van der Waals surface area (Å²) < 4.78 is 1.77. The van der Waals surface area contributed by atoms with E-state index in [4.69, 9.17) is 0 Å². The summed E-state index contributed by atoms with van der Waals surface area (Å²) in [6.45, 7) is 7.33. The van der Waals surface area contributed by atoms with Gasteiger partial charge in [-0.25, -0.2) is 0 Å². The maximum Gasteiger partial charge on any atom is 0.170 e. The van der Waals surface area contributed by atoms with Crippen LogP contribution in [-0.2, 0) is 6.54 Å². The molecule has 0 amide bonds. The standard InChI is InChI=1S/C14H21N5/c1-4-11(2)12(3)15-10-14-16-17-18-19(14)13-8-6-5-7-9-13/h5-9,11-12,15H,4,10H2,1-3H3. The van der Waals surface area contributed by atoms with Crippen molar-refractivity contribution in [2.45, 2.75) is 39.8 Å². The first-order valence-electron chi connectivity index (χ1n) is 6.78. The summed E-state index contributed by atoms with van der Waals surface area (Å²) in [6, 6.07) is 10.4. The summed E-state index contributed by atoms with van der Waals surface area (Å²) in [7, 11) is 0. The molecule has 0 spiro atoms. The number of tetrazole rings is 1. The molecule has 0 radical (unpaired) electrons. The van der Waals surface area contributed by atoms with Crippen LogP contribution < -0.4 is 5.32 Å². The fourth-order valence-corrected chi connectivity index (χ4v) is 1.89. The summed E-state index contributed by atoms with van der Waals surface area (Å²) in [4.78, 5) is 0. The van der Waals surface area contributed by atoms with Gasteiger partial charge in [0.2, 0.25) is 0 Å². The number of para-hydroxylation sites is 1. The Kier molecular flexibility index (Phi) is 4.63. The minimum atomic E-state index is 0.450. The lowest BCUT2D eigenvalue weighted by molar-refractivity contribution is 0.384. The Bertz CT molecular complexity index is 494. The van der Waals surface area contributed by atoms with Gasteiger partial charge >= 0.3 is 0 Å². The van der Waals surface area contributed by atoms with Gasteiger partial charge in [-0.05, 0) is 35.4 Å². The van der Waals surface area contributed by atoms with Crippen molar-refractivity contribution in [3.8, 4) is 5.69 Å². The van der Waals surface area contributed by atoms with E-state index in [9.17, 15) is 0 Å². The molecule has 0 aliphatic rings. The number of benzene rings is 1. The smallest absolute Gasteiger partial charge is 0.170 e. The SMILES string of the molecule is CCC(C)C(C)NCc1nnnn1-c1ccccc1. The van der Waals surface area contributed by atoms with E-state index in [0.29, 0.717) is 18.5 Å². The monoisotopic (exact) mass is 259 g/mol. The lowest BCUT2D eigenvalue weighted by Crippen LogP contribution is -2.32. The van der Waals surface area contributed by atoms with E-state index < -0.39 is 0 Å². The first kappa shape index (κ1) is 13.7. The molecule has 0 aliphatic heterocycles. The molecule has 102 valence electrons. The number of aromatic nitrogens is 4. The third kappa shape index (κ3) is 3.38. The van der Waals surface area contributed by atoms with Crippen LogP contribution in [0, 0.1) is 5.92 Å². The topological polar surface area (TPSA) is 55.6 Å². The fourth-order valence-electron chi connectivity index (χ4n) is 1.89. The van der Waals surface area contributed by atoms with E-state index in [-0.39, 0.29) is 0 Å². The van der Waals surface area contributed by atoms with E-state index in [2.05, 4.69) is 41.6 Å². The normalized spacial score (nSPS) is 14.3. The zero-order valence-electron chi connectivity index (χ0n) is 11.7. The minimum absolute atomic E-state index is 0.450. The Morgan fingerprint density at radius 3 is 2.63 bits per heavy atom. The maximum absolute atomic E-state index is 4.09. The van der Waals surface area contributed by atoms with Gasteiger partial charge in [-0.3, -0.25) is 0 Å². The van der Waals surface area contributed by atoms with E-state index in [1.807, 2.05) is 30.3 Å². The molecule has 1 heterocycles. The van der Waals surface area contributed by atoms with Gasteiger partial charge in [0.1, 0.15) is 0 Å². The predicted octanol–water partition coefficient (Wildman–Crippen LogP) is 2.19. The molecule has 0 saturated heterocycles. The molecule has 5 nitrogen and oxygen atoms in total. The van der Waals surface area contributed by atoms with E-state index in [1.54, 1.807) is 4.68 Å². The Balaban J connectivity index is 2.05. The van der Waals surface area contributed by atoms with Crippen LogP contribution in [0.15, 0.2) is 30.3 Å². The Morgan fingerprint density at radius 1 is 1.21 bits per heavy atom. The second kappa shape index (κ2) is 6.43. The molecule has 1 N–H and O–H groups in total. The average molecular weight is 259 g/mol. The highest BCUT2D eigenvalue weighted by Crippen LogP contribution is 2.09. The first-order valence-corrected chi connectivity index (χ1v) is 6.78. The van der Waals surface area contributed by atoms with Gasteiger partial charge in [0.15, 0.2) is 5.82 Å². The summed E-state index contributed by atoms with van der Waals surface area (Å²) >= 11 is 0. The van der Waals surface area contributed by atoms with E-state index >= 15 is 0 Å². The lowest BCUT2D eigenvalue weighted by atomic mass is 10.0. The Morgan fingerprint density at radius 2 is 1.95 bits per heavy atom. The van der Waals surface area contributed by atoms with Gasteiger partial charge in [-0.1, -0.05) is 38.5 Å². The molecule has 1 aromatic heterocycles. The van der Waals surface area contributed by atoms with Gasteiger partial charge in [0.25, 0.3) is 0 Å². The zero-order chi connectivity index (χ0) is 13.7. The van der Waals surface area contributed by atoms with Crippen LogP contribution in [0.1, 0.15) is 33.0 Å². The van der Waals surface area contributed by atoms with Crippen LogP contribution in [0.2, 0.25) is 0 Å². The van der Waals surface area contributed by atoms with Gasteiger partial charge in [-0.2, -0.15) is 4.68 Å². The van der Waals surface area contributed by atoms with E-state index in [0.717, 1.165) is 17.9 Å². The van der Waals surface area contributed by atoms with Gasteiger partial charge in [0.05, 0.1) is 12.2 Å². The van der Waals surface area contributed by atoms with Crippen molar-refractivity contribution >= 4 is 0 Å². The highest BCUT2D eigenvalue weighted by Gasteiger charge is 2.12. The Labute approximate surface area is 114 Å². The number of nitrogens with one attached hydrogen (secondary N) is 1. The summed E-state index contributed by atoms with van der Waals surface area (Å²) in [5.74, 6) is 1.47. The highest BCUT2D eigenvalue weighted by atomic mass is 15.5. The molecule has 2 atom stereocenters. The summed E-state index contributed by atoms with van der Waals surface area (Å²) in [5.41, 5.74) is 0.987. The van der Waals surface area contributed by atoms with Crippen LogP contribution in [0.5, 0.6) is 0 Å². The molecule has 1 aromatic carbocycles. The van der Waals surface area contributed by atoms with Crippen molar-refractivity contribution in [1.82, 2.24) is 25.5 Å². The molecule has 0 aliphatic carbocycles. The predicted molar refractivity (Wildman–Crippen MR) is 74.9 cm³/mol. The van der Waals surface area contributed by atoms with Crippen LogP contribution in [0.3, 0.4) is 0 Å². The van der Waals surface area contributed by atoms with Gasteiger partial charge in [0, 0.05) is 6.04 Å². The minimum Gasteiger partial charge on any atom is -0.307 e. The average Bonchev–Trinajstić information content (AvgIpc) is 2.93. The zero-order valence-corrected chi connectivity index (χ0v) is 11.7. The molecular weight excluding hydrogens is 238 g/mol. The summed E-state index contributed by atoms with van der Waals surface area (Å²) in [6.07, 6.45) is 1.16. The van der Waals surface area contributed by atoms with Crippen molar-refractivity contribution in [3.63, 3.8) is 0 Å². The largest absolute Gasteiger partial charge is 0.307 e.